The molecule has 0 radical (unpaired) electrons. The van der Waals surface area contributed by atoms with Gasteiger partial charge in [-0.25, -0.2) is 0 Å². The summed E-state index contributed by atoms with van der Waals surface area (Å²) >= 11 is 0. The molecule has 2 atom stereocenters. The van der Waals surface area contributed by atoms with Crippen LogP contribution >= 0.6 is 0 Å². The average molecular weight is 289 g/mol. The molecule has 1 aromatic heterocycles. The zero-order chi connectivity index (χ0) is 14.7. The number of nitrogens with zero attached hydrogens (tertiary/aromatic N) is 2. The Hall–Kier alpha value is -1.46. The number of ether oxygens (including phenoxy) is 1. The molecule has 2 aliphatic heterocycles. The van der Waals surface area contributed by atoms with Gasteiger partial charge < -0.3 is 15.0 Å². The Bertz CT molecular complexity index is 490. The highest BCUT2D eigenvalue weighted by Crippen LogP contribution is 2.35. The normalized spacial score (nSPS) is 29.7. The average Bonchev–Trinajstić information content (AvgIpc) is 2.86. The Morgan fingerprint density at radius 2 is 2.48 bits per heavy atom. The van der Waals surface area contributed by atoms with Gasteiger partial charge in [-0.05, 0) is 44.9 Å². The van der Waals surface area contributed by atoms with Crippen molar-refractivity contribution in [1.29, 1.82) is 0 Å². The molecular weight excluding hydrogens is 266 g/mol. The van der Waals surface area contributed by atoms with Crippen LogP contribution in [0.3, 0.4) is 0 Å². The summed E-state index contributed by atoms with van der Waals surface area (Å²) in [5, 5.41) is 2.97. The zero-order valence-corrected chi connectivity index (χ0v) is 12.5. The summed E-state index contributed by atoms with van der Waals surface area (Å²) in [5.74, 6) is -0.0742. The fourth-order valence-corrected chi connectivity index (χ4v) is 3.42. The first kappa shape index (κ1) is 14.5. The van der Waals surface area contributed by atoms with E-state index in [0.29, 0.717) is 12.1 Å². The molecule has 1 N–H and O–H groups in total. The van der Waals surface area contributed by atoms with Gasteiger partial charge in [0.15, 0.2) is 0 Å². The van der Waals surface area contributed by atoms with Crippen molar-refractivity contribution in [2.45, 2.75) is 37.4 Å². The molecule has 2 fully saturated rings. The van der Waals surface area contributed by atoms with Crippen LogP contribution in [-0.2, 0) is 4.74 Å². The van der Waals surface area contributed by atoms with Crippen LogP contribution in [0, 0.1) is 0 Å². The smallest absolute Gasteiger partial charge is 0.252 e. The van der Waals surface area contributed by atoms with Crippen LogP contribution < -0.4 is 5.32 Å². The molecule has 1 amide bonds. The molecule has 2 saturated heterocycles. The van der Waals surface area contributed by atoms with E-state index in [1.165, 1.54) is 6.42 Å². The lowest BCUT2D eigenvalue weighted by Gasteiger charge is -2.38. The summed E-state index contributed by atoms with van der Waals surface area (Å²) in [7, 11) is 2.14. The lowest BCUT2D eigenvalue weighted by atomic mass is 9.90. The Balaban J connectivity index is 1.52. The number of carbonyl (C=O) groups is 1. The minimum absolute atomic E-state index is 0.0245. The maximum absolute atomic E-state index is 12.0. The molecular formula is C16H23N3O2. The summed E-state index contributed by atoms with van der Waals surface area (Å²) in [5.41, 5.74) is 0.625. The van der Waals surface area contributed by atoms with Crippen molar-refractivity contribution in [3.63, 3.8) is 0 Å². The molecule has 2 aliphatic rings. The number of hydrogen-bond donors (Lipinski definition) is 1. The first-order valence-corrected chi connectivity index (χ1v) is 7.71. The van der Waals surface area contributed by atoms with E-state index in [0.717, 1.165) is 32.4 Å². The monoisotopic (exact) mass is 289 g/mol. The van der Waals surface area contributed by atoms with Gasteiger partial charge in [0.1, 0.15) is 0 Å². The molecule has 21 heavy (non-hydrogen) atoms. The maximum Gasteiger partial charge on any atom is 0.252 e. The highest BCUT2D eigenvalue weighted by atomic mass is 16.5. The quantitative estimate of drug-likeness (QED) is 0.915. The number of rotatable bonds is 3. The largest absolute Gasteiger partial charge is 0.369 e. The molecule has 3 heterocycles. The number of pyridine rings is 1. The third-order valence-corrected chi connectivity index (χ3v) is 4.50. The topological polar surface area (TPSA) is 54.5 Å². The lowest BCUT2D eigenvalue weighted by molar-refractivity contribution is -0.117. The first-order valence-electron chi connectivity index (χ1n) is 7.71. The molecule has 114 valence electrons. The van der Waals surface area contributed by atoms with Crippen LogP contribution in [-0.4, -0.2) is 54.2 Å². The van der Waals surface area contributed by atoms with Crippen LogP contribution in [0.5, 0.6) is 0 Å². The Labute approximate surface area is 125 Å². The van der Waals surface area contributed by atoms with Gasteiger partial charge in [-0.15, -0.1) is 0 Å². The van der Waals surface area contributed by atoms with E-state index < -0.39 is 0 Å². The van der Waals surface area contributed by atoms with Gasteiger partial charge in [0.05, 0.1) is 17.3 Å². The van der Waals surface area contributed by atoms with Gasteiger partial charge in [0.2, 0.25) is 0 Å². The number of nitrogens with one attached hydrogen (secondary N) is 1. The number of likely N-dealkylation sites (N-methyl/N-ethyl adjacent to an activating group) is 1. The number of likely N-dealkylation sites (tertiary alicyclic amines) is 1. The fraction of sp³-hybridized carbons (Fsp3) is 0.625. The fourth-order valence-electron chi connectivity index (χ4n) is 3.42. The molecule has 0 aromatic carbocycles. The van der Waals surface area contributed by atoms with E-state index in [1.54, 1.807) is 24.5 Å². The number of hydrogen-bond acceptors (Lipinski definition) is 4. The SMILES string of the molecule is CN1CC[C@@]2(CCC[C@@H](CNC(=O)c3cccnc3)O2)C1. The summed E-state index contributed by atoms with van der Waals surface area (Å²) in [6.07, 6.45) is 7.85. The summed E-state index contributed by atoms with van der Waals surface area (Å²) in [6, 6.07) is 3.55. The molecule has 5 heteroatoms. The predicted octanol–water partition coefficient (Wildman–Crippen LogP) is 1.45. The standard InChI is InChI=1S/C16H23N3O2/c1-19-9-7-16(12-19)6-2-5-14(21-16)11-18-15(20)13-4-3-8-17-10-13/h3-4,8,10,14H,2,5-7,9,11-12H2,1H3,(H,18,20)/t14-,16-/m0/s1. The van der Waals surface area contributed by atoms with E-state index in [4.69, 9.17) is 4.74 Å². The van der Waals surface area contributed by atoms with Gasteiger partial charge in [-0.3, -0.25) is 9.78 Å². The highest BCUT2D eigenvalue weighted by Gasteiger charge is 2.41. The van der Waals surface area contributed by atoms with Crippen molar-refractivity contribution in [3.05, 3.63) is 30.1 Å². The molecule has 1 spiro atoms. The van der Waals surface area contributed by atoms with Crippen LogP contribution in [0.15, 0.2) is 24.5 Å². The van der Waals surface area contributed by atoms with E-state index in [-0.39, 0.29) is 17.6 Å². The van der Waals surface area contributed by atoms with Gasteiger partial charge >= 0.3 is 0 Å². The second kappa shape index (κ2) is 6.12. The van der Waals surface area contributed by atoms with Crippen molar-refractivity contribution in [2.24, 2.45) is 0 Å². The molecule has 0 unspecified atom stereocenters. The third kappa shape index (κ3) is 3.41. The van der Waals surface area contributed by atoms with E-state index in [2.05, 4.69) is 22.2 Å². The van der Waals surface area contributed by atoms with Gasteiger partial charge in [0.25, 0.3) is 5.91 Å². The predicted molar refractivity (Wildman–Crippen MR) is 80.1 cm³/mol. The van der Waals surface area contributed by atoms with Crippen molar-refractivity contribution >= 4 is 5.91 Å². The lowest BCUT2D eigenvalue weighted by Crippen LogP contribution is -2.46. The number of amides is 1. The third-order valence-electron chi connectivity index (χ3n) is 4.50. The Kier molecular flexibility index (Phi) is 4.22. The molecule has 0 bridgehead atoms. The van der Waals surface area contributed by atoms with Gasteiger partial charge in [-0.1, -0.05) is 0 Å². The first-order chi connectivity index (χ1) is 10.2. The molecule has 0 aliphatic carbocycles. The van der Waals surface area contributed by atoms with E-state index in [9.17, 15) is 4.79 Å². The maximum atomic E-state index is 12.0. The van der Waals surface area contributed by atoms with Gasteiger partial charge in [0, 0.05) is 32.0 Å². The van der Waals surface area contributed by atoms with E-state index in [1.807, 2.05) is 0 Å². The van der Waals surface area contributed by atoms with Crippen molar-refractivity contribution in [1.82, 2.24) is 15.2 Å². The molecule has 0 saturated carbocycles. The number of carbonyl (C=O) groups excluding carboxylic acids is 1. The van der Waals surface area contributed by atoms with Crippen molar-refractivity contribution in [3.8, 4) is 0 Å². The molecule has 1 aromatic rings. The van der Waals surface area contributed by atoms with Crippen LogP contribution in [0.4, 0.5) is 0 Å². The highest BCUT2D eigenvalue weighted by molar-refractivity contribution is 5.93. The second-order valence-corrected chi connectivity index (χ2v) is 6.25. The molecule has 5 nitrogen and oxygen atoms in total. The van der Waals surface area contributed by atoms with E-state index >= 15 is 0 Å². The van der Waals surface area contributed by atoms with Crippen LogP contribution in [0.2, 0.25) is 0 Å². The zero-order valence-electron chi connectivity index (χ0n) is 12.5. The second-order valence-electron chi connectivity index (χ2n) is 6.25. The molecule has 3 rings (SSSR count). The van der Waals surface area contributed by atoms with Crippen LogP contribution in [0.25, 0.3) is 0 Å². The summed E-state index contributed by atoms with van der Waals surface area (Å²) < 4.78 is 6.32. The van der Waals surface area contributed by atoms with Crippen molar-refractivity contribution in [2.75, 3.05) is 26.7 Å². The summed E-state index contributed by atoms with van der Waals surface area (Å²) in [6.45, 7) is 2.70. The minimum Gasteiger partial charge on any atom is -0.369 e. The van der Waals surface area contributed by atoms with Crippen molar-refractivity contribution < 1.29 is 9.53 Å². The minimum atomic E-state index is -0.0742. The van der Waals surface area contributed by atoms with Gasteiger partial charge in [-0.2, -0.15) is 0 Å². The Morgan fingerprint density at radius 1 is 1.57 bits per heavy atom. The number of aromatic nitrogens is 1. The van der Waals surface area contributed by atoms with Crippen LogP contribution in [0.1, 0.15) is 36.0 Å². The Morgan fingerprint density at radius 3 is 3.19 bits per heavy atom. The summed E-state index contributed by atoms with van der Waals surface area (Å²) in [4.78, 5) is 18.3.